The summed E-state index contributed by atoms with van der Waals surface area (Å²) in [4.78, 5) is 0. The van der Waals surface area contributed by atoms with Gasteiger partial charge in [-0.2, -0.15) is 0 Å². The molecule has 12 heavy (non-hydrogen) atoms. The molecule has 0 fully saturated rings. The van der Waals surface area contributed by atoms with Crippen LogP contribution in [0.25, 0.3) is 6.08 Å². The summed E-state index contributed by atoms with van der Waals surface area (Å²) in [5, 5.41) is 0. The number of rotatable bonds is 0. The fourth-order valence-electron chi connectivity index (χ4n) is 1.06. The van der Waals surface area contributed by atoms with Gasteiger partial charge >= 0.3 is 17.1 Å². The van der Waals surface area contributed by atoms with E-state index in [1.807, 2.05) is 30.3 Å². The van der Waals surface area contributed by atoms with Gasteiger partial charge in [0.1, 0.15) is 12.4 Å². The average molecular weight is 279 g/mol. The first-order valence-corrected chi connectivity index (χ1v) is 3.35. The van der Waals surface area contributed by atoms with Crippen LogP contribution in [-0.4, -0.2) is 23.7 Å². The van der Waals surface area contributed by atoms with Gasteiger partial charge in [0, 0.05) is 25.0 Å². The third-order valence-electron chi connectivity index (χ3n) is 1.55. The minimum atomic E-state index is 0. The summed E-state index contributed by atoms with van der Waals surface area (Å²) in [6, 6.07) is 8.03. The molecule has 3 heteroatoms. The maximum Gasteiger partial charge on any atom is 0 e. The minimum absolute atomic E-state index is 0. The summed E-state index contributed by atoms with van der Waals surface area (Å²) >= 11 is 0. The van der Waals surface area contributed by atoms with Crippen LogP contribution in [0.5, 0.6) is 5.75 Å². The maximum atomic E-state index is 5.34. The Morgan fingerprint density at radius 1 is 1.17 bits per heavy atom. The molecular weight excluding hydrogens is 268 g/mol. The van der Waals surface area contributed by atoms with Crippen molar-refractivity contribution >= 4 is 23.1 Å². The SMILES string of the molecule is C1=Cc2ccccc2OC1.[SeH2].[Zn]. The van der Waals surface area contributed by atoms with Crippen molar-refractivity contribution in [2.24, 2.45) is 0 Å². The van der Waals surface area contributed by atoms with E-state index in [1.165, 1.54) is 5.56 Å². The Morgan fingerprint density at radius 2 is 1.92 bits per heavy atom. The summed E-state index contributed by atoms with van der Waals surface area (Å²) in [6.45, 7) is 0.705. The number of ether oxygens (including phenoxy) is 1. The standard InChI is InChI=1S/C9H8O.H2Se.Zn/c1-2-6-9-8(4-1)5-3-7-10-9;;/h1-6H,7H2;1H2;. The number of fused-ring (bicyclic) bond motifs is 1. The summed E-state index contributed by atoms with van der Waals surface area (Å²) in [5.74, 6) is 0.991. The second kappa shape index (κ2) is 5.53. The first kappa shape index (κ1) is 11.9. The zero-order chi connectivity index (χ0) is 6.81. The molecule has 0 aromatic heterocycles. The fourth-order valence-corrected chi connectivity index (χ4v) is 1.06. The number of para-hydroxylation sites is 1. The molecule has 2 rings (SSSR count). The van der Waals surface area contributed by atoms with Crippen molar-refractivity contribution in [1.29, 1.82) is 0 Å². The van der Waals surface area contributed by atoms with E-state index in [0.29, 0.717) is 6.61 Å². The van der Waals surface area contributed by atoms with E-state index in [4.69, 9.17) is 4.74 Å². The molecule has 0 saturated heterocycles. The van der Waals surface area contributed by atoms with Gasteiger partial charge in [-0.05, 0) is 12.1 Å². The van der Waals surface area contributed by atoms with Crippen molar-refractivity contribution < 1.29 is 24.2 Å². The zero-order valence-corrected chi connectivity index (χ0v) is 11.9. The molecule has 60 valence electrons. The van der Waals surface area contributed by atoms with E-state index in [-0.39, 0.29) is 36.5 Å². The summed E-state index contributed by atoms with van der Waals surface area (Å²) in [7, 11) is 0. The van der Waals surface area contributed by atoms with E-state index in [9.17, 15) is 0 Å². The van der Waals surface area contributed by atoms with Gasteiger partial charge < -0.3 is 4.74 Å². The van der Waals surface area contributed by atoms with Gasteiger partial charge in [-0.3, -0.25) is 0 Å². The smallest absolute Gasteiger partial charge is 0 e. The second-order valence-corrected chi connectivity index (χ2v) is 2.25. The van der Waals surface area contributed by atoms with Gasteiger partial charge in [0.25, 0.3) is 0 Å². The molecule has 0 amide bonds. The summed E-state index contributed by atoms with van der Waals surface area (Å²) < 4.78 is 5.34. The first-order chi connectivity index (χ1) is 4.97. The van der Waals surface area contributed by atoms with E-state index in [0.717, 1.165) is 5.75 Å². The molecular formula is C9H10OSeZn. The monoisotopic (exact) mass is 278 g/mol. The Hall–Kier alpha value is -0.0971. The molecule has 0 N–H and O–H groups in total. The molecule has 0 bridgehead atoms. The Kier molecular flexibility index (Phi) is 5.49. The van der Waals surface area contributed by atoms with Crippen LogP contribution in [0.2, 0.25) is 0 Å². The van der Waals surface area contributed by atoms with Crippen LogP contribution in [0.15, 0.2) is 30.3 Å². The number of hydrogen-bond acceptors (Lipinski definition) is 1. The molecule has 0 saturated carbocycles. The molecule has 1 nitrogen and oxygen atoms in total. The van der Waals surface area contributed by atoms with Crippen LogP contribution < -0.4 is 4.74 Å². The fraction of sp³-hybridized carbons (Fsp3) is 0.111. The Morgan fingerprint density at radius 3 is 2.67 bits per heavy atom. The van der Waals surface area contributed by atoms with E-state index in [2.05, 4.69) is 6.08 Å². The largest absolute Gasteiger partial charge is 0 e. The third-order valence-corrected chi connectivity index (χ3v) is 1.55. The molecule has 1 aromatic carbocycles. The van der Waals surface area contributed by atoms with Crippen molar-refractivity contribution in [3.8, 4) is 5.75 Å². The predicted molar refractivity (Wildman–Crippen MR) is 49.5 cm³/mol. The van der Waals surface area contributed by atoms with Gasteiger partial charge in [0.2, 0.25) is 0 Å². The van der Waals surface area contributed by atoms with E-state index in [1.54, 1.807) is 0 Å². The van der Waals surface area contributed by atoms with Crippen LogP contribution in [0, 0.1) is 0 Å². The molecule has 0 aliphatic carbocycles. The molecule has 1 aliphatic heterocycles. The molecule has 0 radical (unpaired) electrons. The van der Waals surface area contributed by atoms with Gasteiger partial charge in [-0.25, -0.2) is 0 Å². The minimum Gasteiger partial charge on any atom is 0 e. The van der Waals surface area contributed by atoms with Crippen molar-refractivity contribution in [2.75, 3.05) is 6.61 Å². The summed E-state index contributed by atoms with van der Waals surface area (Å²) in [6.07, 6.45) is 4.10. The average Bonchev–Trinajstić information content (AvgIpc) is 2.05. The van der Waals surface area contributed by atoms with Crippen molar-refractivity contribution in [2.45, 2.75) is 0 Å². The maximum absolute atomic E-state index is 5.34. The third kappa shape index (κ3) is 2.45. The van der Waals surface area contributed by atoms with Crippen LogP contribution >= 0.6 is 0 Å². The van der Waals surface area contributed by atoms with Crippen molar-refractivity contribution in [3.63, 3.8) is 0 Å². The Balaban J connectivity index is 0.000000605. The van der Waals surface area contributed by atoms with Gasteiger partial charge in [-0.15, -0.1) is 0 Å². The van der Waals surface area contributed by atoms with Gasteiger partial charge in [-0.1, -0.05) is 24.3 Å². The predicted octanol–water partition coefficient (Wildman–Crippen LogP) is 1.17. The van der Waals surface area contributed by atoms with Crippen LogP contribution in [0.4, 0.5) is 0 Å². The molecule has 1 aromatic rings. The van der Waals surface area contributed by atoms with E-state index >= 15 is 0 Å². The molecule has 0 unspecified atom stereocenters. The molecule has 0 spiro atoms. The zero-order valence-electron chi connectivity index (χ0n) is 6.79. The van der Waals surface area contributed by atoms with E-state index < -0.39 is 0 Å². The van der Waals surface area contributed by atoms with Crippen molar-refractivity contribution in [1.82, 2.24) is 0 Å². The Bertz CT molecular complexity index is 273. The number of hydrogen-bond donors (Lipinski definition) is 0. The number of benzene rings is 1. The molecule has 1 aliphatic rings. The molecule has 0 atom stereocenters. The normalized spacial score (nSPS) is 11.7. The first-order valence-electron chi connectivity index (χ1n) is 3.35. The topological polar surface area (TPSA) is 9.23 Å². The summed E-state index contributed by atoms with van der Waals surface area (Å²) in [5.41, 5.74) is 1.17. The van der Waals surface area contributed by atoms with Gasteiger partial charge in [0.15, 0.2) is 0 Å². The van der Waals surface area contributed by atoms with Crippen molar-refractivity contribution in [3.05, 3.63) is 35.9 Å². The Labute approximate surface area is 95.4 Å². The van der Waals surface area contributed by atoms with Crippen LogP contribution in [-0.2, 0) is 19.5 Å². The van der Waals surface area contributed by atoms with Gasteiger partial charge in [0.05, 0.1) is 0 Å². The quantitative estimate of drug-likeness (QED) is 0.648. The van der Waals surface area contributed by atoms with Crippen LogP contribution in [0.1, 0.15) is 5.56 Å². The molecule has 1 heterocycles. The van der Waals surface area contributed by atoms with Crippen LogP contribution in [0.3, 0.4) is 0 Å². The second-order valence-electron chi connectivity index (χ2n) is 2.25.